The van der Waals surface area contributed by atoms with Gasteiger partial charge in [0.15, 0.2) is 5.82 Å². The number of anilines is 1. The number of hydrogen-bond acceptors (Lipinski definition) is 7. The van der Waals surface area contributed by atoms with E-state index in [1.54, 1.807) is 0 Å². The first-order chi connectivity index (χ1) is 19.4. The molecule has 2 aliphatic rings. The van der Waals surface area contributed by atoms with Gasteiger partial charge in [0.25, 0.3) is 0 Å². The predicted molar refractivity (Wildman–Crippen MR) is 155 cm³/mol. The molecular weight excluding hydrogens is 504 g/mol. The molecule has 1 unspecified atom stereocenters. The van der Waals surface area contributed by atoms with E-state index in [9.17, 15) is 4.79 Å². The van der Waals surface area contributed by atoms with Gasteiger partial charge in [-0.15, -0.1) is 5.10 Å². The van der Waals surface area contributed by atoms with Gasteiger partial charge in [0.2, 0.25) is 5.91 Å². The number of ether oxygens (including phenoxy) is 1. The number of carbonyl (C=O) groups excluding carboxylic acids is 1. The third-order valence-corrected chi connectivity index (χ3v) is 8.37. The van der Waals surface area contributed by atoms with Crippen molar-refractivity contribution >= 4 is 17.4 Å². The normalized spacial score (nSPS) is 21.3. The second-order valence-electron chi connectivity index (χ2n) is 11.1. The van der Waals surface area contributed by atoms with Crippen molar-refractivity contribution in [2.75, 3.05) is 18.0 Å². The maximum atomic E-state index is 14.0. The Balaban J connectivity index is 1.31. The zero-order chi connectivity index (χ0) is 28.1. The van der Waals surface area contributed by atoms with Crippen LogP contribution >= 0.6 is 0 Å². The van der Waals surface area contributed by atoms with E-state index in [0.29, 0.717) is 42.2 Å². The summed E-state index contributed by atoms with van der Waals surface area (Å²) < 4.78 is 5.93. The molecule has 2 aromatic carbocycles. The number of carbonyl (C=O) groups is 1. The third-order valence-electron chi connectivity index (χ3n) is 8.37. The van der Waals surface area contributed by atoms with Gasteiger partial charge in [-0.25, -0.2) is 5.10 Å². The van der Waals surface area contributed by atoms with Crippen LogP contribution in [0.3, 0.4) is 0 Å². The minimum Gasteiger partial charge on any atom is -0.485 e. The summed E-state index contributed by atoms with van der Waals surface area (Å²) in [5.74, 6) is 0.951. The molecule has 10 nitrogen and oxygen atoms in total. The molecule has 3 atom stereocenters. The number of amidine groups is 1. The third kappa shape index (κ3) is 6.33. The molecule has 0 radical (unpaired) electrons. The number of hydrogen-bond donors (Lipinski definition) is 3. The Morgan fingerprint density at radius 2 is 1.90 bits per heavy atom. The molecule has 1 amide bonds. The highest BCUT2D eigenvalue weighted by Gasteiger charge is 2.34. The molecule has 3 aromatic rings. The maximum Gasteiger partial charge on any atom is 0.234 e. The molecule has 10 heteroatoms. The molecule has 1 fully saturated rings. The van der Waals surface area contributed by atoms with Crippen LogP contribution in [0.25, 0.3) is 0 Å². The molecule has 1 saturated heterocycles. The molecule has 3 heterocycles. The molecule has 0 bridgehead atoms. The van der Waals surface area contributed by atoms with E-state index in [-0.39, 0.29) is 24.3 Å². The number of rotatable bonds is 11. The van der Waals surface area contributed by atoms with Gasteiger partial charge >= 0.3 is 0 Å². The smallest absolute Gasteiger partial charge is 0.234 e. The number of benzene rings is 2. The van der Waals surface area contributed by atoms with Crippen molar-refractivity contribution in [2.24, 2.45) is 5.73 Å². The first kappa shape index (κ1) is 27.8. The zero-order valence-corrected chi connectivity index (χ0v) is 23.5. The Bertz CT molecular complexity index is 1300. The lowest BCUT2D eigenvalue weighted by Crippen LogP contribution is -2.44. The number of tetrazole rings is 1. The number of nitrogens with zero attached hydrogens (tertiary/aromatic N) is 5. The highest BCUT2D eigenvalue weighted by Crippen LogP contribution is 2.38. The fourth-order valence-corrected chi connectivity index (χ4v) is 6.13. The van der Waals surface area contributed by atoms with Crippen LogP contribution in [0.2, 0.25) is 0 Å². The van der Waals surface area contributed by atoms with Gasteiger partial charge < -0.3 is 15.4 Å². The van der Waals surface area contributed by atoms with Gasteiger partial charge in [0.05, 0.1) is 11.6 Å². The van der Waals surface area contributed by atoms with Gasteiger partial charge in [0, 0.05) is 30.3 Å². The van der Waals surface area contributed by atoms with E-state index in [1.165, 1.54) is 19.3 Å². The number of aromatic nitrogens is 4. The molecule has 1 aromatic heterocycles. The number of fused-ring (bicyclic) bond motifs is 1. The van der Waals surface area contributed by atoms with Gasteiger partial charge in [-0.1, -0.05) is 37.1 Å². The highest BCUT2D eigenvalue weighted by molar-refractivity contribution is 6.02. The summed E-state index contributed by atoms with van der Waals surface area (Å²) in [5.41, 5.74) is 9.27. The fourth-order valence-electron chi connectivity index (χ4n) is 6.13. The summed E-state index contributed by atoms with van der Waals surface area (Å²) in [4.78, 5) is 18.6. The van der Waals surface area contributed by atoms with Crippen LogP contribution < -0.4 is 15.4 Å². The van der Waals surface area contributed by atoms with Crippen LogP contribution in [-0.4, -0.2) is 62.4 Å². The molecule has 212 valence electrons. The van der Waals surface area contributed by atoms with E-state index < -0.39 is 0 Å². The van der Waals surface area contributed by atoms with E-state index in [1.807, 2.05) is 47.4 Å². The summed E-state index contributed by atoms with van der Waals surface area (Å²) in [5, 5.41) is 21.6. The van der Waals surface area contributed by atoms with E-state index in [2.05, 4.69) is 39.4 Å². The minimum atomic E-state index is -0.325. The molecule has 0 saturated carbocycles. The SMILES string of the molecule is C[C@@H]1CCC[C@H](C)N1CCCCCN1C(=O)C(c2cccc(C(=N)N)c2)Cc2ccc(OCc3nnn[nH]3)cc21. The second-order valence-corrected chi connectivity index (χ2v) is 11.1. The Labute approximate surface area is 235 Å². The number of nitrogen functional groups attached to an aromatic ring is 1. The number of nitrogens with two attached hydrogens (primary N) is 1. The fraction of sp³-hybridized carbons (Fsp3) is 0.500. The van der Waals surface area contributed by atoms with Crippen molar-refractivity contribution < 1.29 is 9.53 Å². The van der Waals surface area contributed by atoms with Crippen molar-refractivity contribution in [3.8, 4) is 5.75 Å². The van der Waals surface area contributed by atoms with Gasteiger partial charge in [0.1, 0.15) is 18.2 Å². The van der Waals surface area contributed by atoms with Crippen LogP contribution in [0.5, 0.6) is 5.75 Å². The molecule has 40 heavy (non-hydrogen) atoms. The average molecular weight is 545 g/mol. The van der Waals surface area contributed by atoms with Gasteiger partial charge in [-0.3, -0.25) is 15.1 Å². The predicted octanol–water partition coefficient (Wildman–Crippen LogP) is 4.17. The maximum absolute atomic E-state index is 14.0. The van der Waals surface area contributed by atoms with Crippen LogP contribution in [0.1, 0.15) is 80.8 Å². The molecule has 5 rings (SSSR count). The lowest BCUT2D eigenvalue weighted by molar-refractivity contribution is -0.120. The Kier molecular flexibility index (Phi) is 8.74. The van der Waals surface area contributed by atoms with Crippen LogP contribution in [-0.2, 0) is 17.8 Å². The van der Waals surface area contributed by atoms with E-state index >= 15 is 0 Å². The van der Waals surface area contributed by atoms with E-state index in [0.717, 1.165) is 42.6 Å². The van der Waals surface area contributed by atoms with Gasteiger partial charge in [-0.05, 0) is 86.2 Å². The Hall–Kier alpha value is -3.79. The first-order valence-electron chi connectivity index (χ1n) is 14.4. The lowest BCUT2D eigenvalue weighted by Gasteiger charge is -2.39. The number of likely N-dealkylation sites (tertiary alicyclic amines) is 1. The number of nitrogens with one attached hydrogen (secondary N) is 2. The zero-order valence-electron chi connectivity index (χ0n) is 23.5. The minimum absolute atomic E-state index is 0.00320. The number of piperidine rings is 1. The van der Waals surface area contributed by atoms with E-state index in [4.69, 9.17) is 15.9 Å². The molecule has 4 N–H and O–H groups in total. The summed E-state index contributed by atoms with van der Waals surface area (Å²) >= 11 is 0. The summed E-state index contributed by atoms with van der Waals surface area (Å²) in [6, 6.07) is 14.7. The highest BCUT2D eigenvalue weighted by atomic mass is 16.5. The summed E-state index contributed by atoms with van der Waals surface area (Å²) in [6.45, 7) is 6.67. The molecule has 0 aliphatic carbocycles. The van der Waals surface area contributed by atoms with Crippen molar-refractivity contribution in [2.45, 2.75) is 83.4 Å². The lowest BCUT2D eigenvalue weighted by atomic mass is 9.85. The Morgan fingerprint density at radius 3 is 2.65 bits per heavy atom. The monoisotopic (exact) mass is 544 g/mol. The van der Waals surface area contributed by atoms with Crippen molar-refractivity contribution in [3.63, 3.8) is 0 Å². The average Bonchev–Trinajstić information content (AvgIpc) is 3.48. The number of amides is 1. The quantitative estimate of drug-likeness (QED) is 0.187. The Morgan fingerprint density at radius 1 is 1.10 bits per heavy atom. The molecule has 0 spiro atoms. The van der Waals surface area contributed by atoms with Crippen LogP contribution in [0, 0.1) is 5.41 Å². The molecular formula is C30H40N8O2. The van der Waals surface area contributed by atoms with Crippen LogP contribution in [0.4, 0.5) is 5.69 Å². The number of aromatic amines is 1. The van der Waals surface area contributed by atoms with Crippen molar-refractivity contribution in [3.05, 3.63) is 65.0 Å². The largest absolute Gasteiger partial charge is 0.485 e. The molecule has 2 aliphatic heterocycles. The first-order valence-corrected chi connectivity index (χ1v) is 14.4. The van der Waals surface area contributed by atoms with Crippen molar-refractivity contribution in [1.82, 2.24) is 25.5 Å². The van der Waals surface area contributed by atoms with Gasteiger partial charge in [-0.2, -0.15) is 0 Å². The van der Waals surface area contributed by atoms with Crippen molar-refractivity contribution in [1.29, 1.82) is 5.41 Å². The second kappa shape index (κ2) is 12.6. The standard InChI is InChI=1S/C30H40N8O2/c1-20-8-6-9-21(2)37(20)14-4-3-5-15-38-27-18-25(40-19-28-33-35-36-34-28)13-12-23(27)17-26(30(38)39)22-10-7-11-24(16-22)29(31)32/h7,10-13,16,18,20-21,26H,3-6,8-9,14-15,17,19H2,1-2H3,(H3,31,32)(H,33,34,35,36)/t20-,21+,26?. The summed E-state index contributed by atoms with van der Waals surface area (Å²) in [6.07, 6.45) is 7.60. The number of unbranched alkanes of at least 4 members (excludes halogenated alkanes) is 2. The topological polar surface area (TPSA) is 137 Å². The number of H-pyrrole nitrogens is 1. The van der Waals surface area contributed by atoms with Crippen LogP contribution in [0.15, 0.2) is 42.5 Å². The summed E-state index contributed by atoms with van der Waals surface area (Å²) in [7, 11) is 0.